The minimum absolute atomic E-state index is 0.161. The van der Waals surface area contributed by atoms with E-state index in [-0.39, 0.29) is 5.54 Å². The molecule has 0 spiro atoms. The fourth-order valence-electron chi connectivity index (χ4n) is 2.99. The van der Waals surface area contributed by atoms with Crippen molar-refractivity contribution in [3.05, 3.63) is 16.1 Å². The van der Waals surface area contributed by atoms with Crippen molar-refractivity contribution in [3.63, 3.8) is 0 Å². The monoisotopic (exact) mass is 238 g/mol. The lowest BCUT2D eigenvalue weighted by Gasteiger charge is -2.42. The maximum atomic E-state index is 6.69. The van der Waals surface area contributed by atoms with Gasteiger partial charge in [-0.1, -0.05) is 26.7 Å². The highest BCUT2D eigenvalue weighted by atomic mass is 32.1. The molecular formula is C13H22N2S. The molecule has 1 aromatic rings. The van der Waals surface area contributed by atoms with Gasteiger partial charge < -0.3 is 5.73 Å². The molecule has 90 valence electrons. The summed E-state index contributed by atoms with van der Waals surface area (Å²) in [5.74, 6) is 1.24. The van der Waals surface area contributed by atoms with Gasteiger partial charge in [-0.25, -0.2) is 4.98 Å². The van der Waals surface area contributed by atoms with Crippen LogP contribution in [0.25, 0.3) is 0 Å². The second-order valence-corrected chi connectivity index (χ2v) is 6.29. The van der Waals surface area contributed by atoms with Crippen LogP contribution in [0.3, 0.4) is 0 Å². The van der Waals surface area contributed by atoms with Crippen molar-refractivity contribution >= 4 is 11.3 Å². The predicted octanol–water partition coefficient (Wildman–Crippen LogP) is 3.45. The van der Waals surface area contributed by atoms with Crippen molar-refractivity contribution in [2.24, 2.45) is 17.6 Å². The maximum Gasteiger partial charge on any atom is 0.113 e. The molecule has 1 aliphatic rings. The van der Waals surface area contributed by atoms with Gasteiger partial charge in [-0.05, 0) is 31.6 Å². The number of nitrogens with zero attached hydrogens (tertiary/aromatic N) is 1. The first kappa shape index (κ1) is 12.1. The molecule has 0 aliphatic heterocycles. The molecule has 1 aliphatic carbocycles. The van der Waals surface area contributed by atoms with Crippen LogP contribution < -0.4 is 5.73 Å². The van der Waals surface area contributed by atoms with Gasteiger partial charge in [0.25, 0.3) is 0 Å². The SMILES string of the molecule is Cc1csc(C2(N)CCCCC2C(C)C)n1. The summed E-state index contributed by atoms with van der Waals surface area (Å²) in [6.07, 6.45) is 4.93. The zero-order chi connectivity index (χ0) is 11.8. The van der Waals surface area contributed by atoms with Gasteiger partial charge in [-0.2, -0.15) is 0 Å². The average Bonchev–Trinajstić information content (AvgIpc) is 2.65. The summed E-state index contributed by atoms with van der Waals surface area (Å²) >= 11 is 1.74. The molecule has 2 unspecified atom stereocenters. The third-order valence-corrected chi connectivity index (χ3v) is 4.99. The van der Waals surface area contributed by atoms with Gasteiger partial charge in [0, 0.05) is 11.1 Å². The fraction of sp³-hybridized carbons (Fsp3) is 0.769. The van der Waals surface area contributed by atoms with Crippen LogP contribution >= 0.6 is 11.3 Å². The number of aromatic nitrogens is 1. The Balaban J connectivity index is 2.32. The summed E-state index contributed by atoms with van der Waals surface area (Å²) in [6, 6.07) is 0. The molecular weight excluding hydrogens is 216 g/mol. The molecule has 1 aromatic heterocycles. The number of hydrogen-bond acceptors (Lipinski definition) is 3. The van der Waals surface area contributed by atoms with E-state index < -0.39 is 0 Å². The van der Waals surface area contributed by atoms with Gasteiger partial charge in [-0.3, -0.25) is 0 Å². The average molecular weight is 238 g/mol. The van der Waals surface area contributed by atoms with E-state index in [2.05, 4.69) is 31.1 Å². The summed E-state index contributed by atoms with van der Waals surface area (Å²) < 4.78 is 0. The Labute approximate surface area is 102 Å². The molecule has 0 radical (unpaired) electrons. The number of hydrogen-bond donors (Lipinski definition) is 1. The van der Waals surface area contributed by atoms with E-state index in [1.165, 1.54) is 19.3 Å². The topological polar surface area (TPSA) is 38.9 Å². The first-order valence-electron chi connectivity index (χ1n) is 6.25. The molecule has 3 heteroatoms. The van der Waals surface area contributed by atoms with Crippen LogP contribution in [-0.2, 0) is 5.54 Å². The van der Waals surface area contributed by atoms with Gasteiger partial charge in [0.1, 0.15) is 5.01 Å². The molecule has 0 saturated heterocycles. The Bertz CT molecular complexity index is 359. The van der Waals surface area contributed by atoms with Gasteiger partial charge >= 0.3 is 0 Å². The lowest BCUT2D eigenvalue weighted by molar-refractivity contribution is 0.140. The quantitative estimate of drug-likeness (QED) is 0.857. The highest BCUT2D eigenvalue weighted by Gasteiger charge is 2.42. The van der Waals surface area contributed by atoms with Crippen LogP contribution in [0.5, 0.6) is 0 Å². The molecule has 2 rings (SSSR count). The first-order chi connectivity index (χ1) is 7.54. The molecule has 0 bridgehead atoms. The van der Waals surface area contributed by atoms with Gasteiger partial charge in [0.05, 0.1) is 5.54 Å². The third-order valence-electron chi connectivity index (χ3n) is 3.84. The number of nitrogens with two attached hydrogens (primary N) is 1. The Morgan fingerprint density at radius 1 is 1.50 bits per heavy atom. The van der Waals surface area contributed by atoms with Crippen molar-refractivity contribution in [2.45, 2.75) is 52.0 Å². The highest BCUT2D eigenvalue weighted by molar-refractivity contribution is 7.09. The lowest BCUT2D eigenvalue weighted by Crippen LogP contribution is -2.48. The first-order valence-corrected chi connectivity index (χ1v) is 7.13. The summed E-state index contributed by atoms with van der Waals surface area (Å²) in [5, 5.41) is 3.28. The normalized spacial score (nSPS) is 30.9. The molecule has 16 heavy (non-hydrogen) atoms. The van der Waals surface area contributed by atoms with Crippen LogP contribution in [0.15, 0.2) is 5.38 Å². The van der Waals surface area contributed by atoms with E-state index >= 15 is 0 Å². The molecule has 2 nitrogen and oxygen atoms in total. The molecule has 1 heterocycles. The maximum absolute atomic E-state index is 6.69. The Morgan fingerprint density at radius 2 is 2.25 bits per heavy atom. The van der Waals surface area contributed by atoms with E-state index in [0.29, 0.717) is 11.8 Å². The Kier molecular flexibility index (Phi) is 3.36. The summed E-state index contributed by atoms with van der Waals surface area (Å²) in [6.45, 7) is 6.63. The van der Waals surface area contributed by atoms with Crippen molar-refractivity contribution in [2.75, 3.05) is 0 Å². The van der Waals surface area contributed by atoms with Crippen LogP contribution in [0.2, 0.25) is 0 Å². The molecule has 1 saturated carbocycles. The molecule has 0 amide bonds. The lowest BCUT2D eigenvalue weighted by atomic mass is 9.69. The third kappa shape index (κ3) is 2.03. The molecule has 0 aromatic carbocycles. The smallest absolute Gasteiger partial charge is 0.113 e. The predicted molar refractivity (Wildman–Crippen MR) is 69.5 cm³/mol. The fourth-order valence-corrected chi connectivity index (χ4v) is 3.99. The van der Waals surface area contributed by atoms with Crippen molar-refractivity contribution in [1.29, 1.82) is 0 Å². The van der Waals surface area contributed by atoms with Crippen LogP contribution in [-0.4, -0.2) is 4.98 Å². The summed E-state index contributed by atoms with van der Waals surface area (Å²) in [7, 11) is 0. The van der Waals surface area contributed by atoms with Crippen LogP contribution in [0.4, 0.5) is 0 Å². The Hall–Kier alpha value is -0.410. The van der Waals surface area contributed by atoms with Crippen LogP contribution in [0.1, 0.15) is 50.2 Å². The van der Waals surface area contributed by atoms with E-state index in [0.717, 1.165) is 17.1 Å². The van der Waals surface area contributed by atoms with Gasteiger partial charge in [0.2, 0.25) is 0 Å². The zero-order valence-corrected chi connectivity index (χ0v) is 11.3. The molecule has 2 atom stereocenters. The van der Waals surface area contributed by atoms with Crippen LogP contribution in [0, 0.1) is 18.8 Å². The van der Waals surface area contributed by atoms with E-state index in [1.54, 1.807) is 11.3 Å². The molecule has 2 N–H and O–H groups in total. The second-order valence-electron chi connectivity index (χ2n) is 5.43. The van der Waals surface area contributed by atoms with E-state index in [9.17, 15) is 0 Å². The van der Waals surface area contributed by atoms with E-state index in [4.69, 9.17) is 5.73 Å². The summed E-state index contributed by atoms with van der Waals surface area (Å²) in [5.41, 5.74) is 7.63. The minimum Gasteiger partial charge on any atom is -0.319 e. The second kappa shape index (κ2) is 4.46. The van der Waals surface area contributed by atoms with E-state index in [1.807, 2.05) is 0 Å². The minimum atomic E-state index is -0.161. The van der Waals surface area contributed by atoms with Crippen molar-refractivity contribution in [1.82, 2.24) is 4.98 Å². The zero-order valence-electron chi connectivity index (χ0n) is 10.5. The largest absolute Gasteiger partial charge is 0.319 e. The number of thiazole rings is 1. The summed E-state index contributed by atoms with van der Waals surface area (Å²) in [4.78, 5) is 4.63. The Morgan fingerprint density at radius 3 is 2.81 bits per heavy atom. The van der Waals surface area contributed by atoms with Crippen molar-refractivity contribution in [3.8, 4) is 0 Å². The highest BCUT2D eigenvalue weighted by Crippen LogP contribution is 2.44. The standard InChI is InChI=1S/C13H22N2S/c1-9(2)11-6-4-5-7-13(11,14)12-15-10(3)8-16-12/h8-9,11H,4-7,14H2,1-3H3. The van der Waals surface area contributed by atoms with Gasteiger partial charge in [-0.15, -0.1) is 11.3 Å². The molecule has 1 fully saturated rings. The number of aryl methyl sites for hydroxylation is 1. The van der Waals surface area contributed by atoms with Crippen molar-refractivity contribution < 1.29 is 0 Å². The van der Waals surface area contributed by atoms with Gasteiger partial charge in [0.15, 0.2) is 0 Å². The number of rotatable bonds is 2.